The van der Waals surface area contributed by atoms with Crippen molar-refractivity contribution < 1.29 is 19.1 Å². The number of carbonyl (C=O) groups is 3. The summed E-state index contributed by atoms with van der Waals surface area (Å²) >= 11 is 0. The van der Waals surface area contributed by atoms with Crippen molar-refractivity contribution in [2.24, 2.45) is 0 Å². The predicted molar refractivity (Wildman–Crippen MR) is 115 cm³/mol. The molecule has 2 fully saturated rings. The Hall–Kier alpha value is -3.61. The lowest BCUT2D eigenvalue weighted by Crippen LogP contribution is -2.54. The van der Waals surface area contributed by atoms with Crippen LogP contribution in [0.25, 0.3) is 6.08 Å². The zero-order valence-electron chi connectivity index (χ0n) is 17.0. The topological polar surface area (TPSA) is 79.0 Å². The van der Waals surface area contributed by atoms with Crippen LogP contribution in [0.2, 0.25) is 0 Å². The van der Waals surface area contributed by atoms with Crippen LogP contribution in [0.5, 0.6) is 5.75 Å². The molecule has 0 aliphatic carbocycles. The number of barbiturate groups is 1. The van der Waals surface area contributed by atoms with Crippen molar-refractivity contribution in [3.05, 3.63) is 59.2 Å². The molecule has 4 rings (SSSR count). The molecule has 1 N–H and O–H groups in total. The Morgan fingerprint density at radius 1 is 0.967 bits per heavy atom. The van der Waals surface area contributed by atoms with E-state index in [0.29, 0.717) is 11.4 Å². The molecule has 4 amide bonds. The van der Waals surface area contributed by atoms with E-state index in [0.717, 1.165) is 34.8 Å². The third kappa shape index (κ3) is 3.66. The second-order valence-electron chi connectivity index (χ2n) is 7.39. The minimum Gasteiger partial charge on any atom is -0.497 e. The van der Waals surface area contributed by atoms with Crippen molar-refractivity contribution >= 4 is 35.3 Å². The highest BCUT2D eigenvalue weighted by molar-refractivity contribution is 6.39. The van der Waals surface area contributed by atoms with Gasteiger partial charge in [0.15, 0.2) is 0 Å². The van der Waals surface area contributed by atoms with Crippen LogP contribution < -0.4 is 19.9 Å². The summed E-state index contributed by atoms with van der Waals surface area (Å²) in [7, 11) is 1.53. The SMILES string of the molecule is COc1ccc(N2C(=O)NC(=O)/C(=C\c3ccc(N4CCCC4)cc3C)C2=O)cc1. The molecular formula is C23H23N3O4. The van der Waals surface area contributed by atoms with E-state index in [4.69, 9.17) is 4.74 Å². The first-order valence-corrected chi connectivity index (χ1v) is 9.89. The van der Waals surface area contributed by atoms with Crippen molar-refractivity contribution in [3.63, 3.8) is 0 Å². The molecule has 2 aromatic rings. The van der Waals surface area contributed by atoms with Crippen LogP contribution in [0.3, 0.4) is 0 Å². The third-order valence-corrected chi connectivity index (χ3v) is 5.46. The van der Waals surface area contributed by atoms with Crippen LogP contribution in [0.1, 0.15) is 24.0 Å². The lowest BCUT2D eigenvalue weighted by molar-refractivity contribution is -0.122. The van der Waals surface area contributed by atoms with Gasteiger partial charge in [0.1, 0.15) is 11.3 Å². The largest absolute Gasteiger partial charge is 0.497 e. The summed E-state index contributed by atoms with van der Waals surface area (Å²) in [4.78, 5) is 41.1. The summed E-state index contributed by atoms with van der Waals surface area (Å²) in [6.45, 7) is 4.03. The monoisotopic (exact) mass is 405 g/mol. The first-order chi connectivity index (χ1) is 14.5. The number of imide groups is 2. The molecule has 7 nitrogen and oxygen atoms in total. The maximum Gasteiger partial charge on any atom is 0.335 e. The van der Waals surface area contributed by atoms with E-state index in [1.807, 2.05) is 19.1 Å². The number of hydrogen-bond acceptors (Lipinski definition) is 5. The molecular weight excluding hydrogens is 382 g/mol. The Bertz CT molecular complexity index is 1040. The van der Waals surface area contributed by atoms with Gasteiger partial charge in [-0.15, -0.1) is 0 Å². The molecule has 2 aromatic carbocycles. The normalized spacial score (nSPS) is 18.2. The molecule has 2 heterocycles. The maximum absolute atomic E-state index is 13.0. The van der Waals surface area contributed by atoms with Crippen molar-refractivity contribution in [1.29, 1.82) is 0 Å². The Balaban J connectivity index is 1.65. The standard InChI is InChI=1S/C23H23N3O4/c1-15-13-18(25-11-3-4-12-25)6-5-16(15)14-20-21(27)24-23(29)26(22(20)28)17-7-9-19(30-2)10-8-17/h5-10,13-14H,3-4,11-12H2,1-2H3,(H,24,27,29)/b20-14+. The van der Waals surface area contributed by atoms with Gasteiger partial charge in [-0.25, -0.2) is 9.69 Å². The summed E-state index contributed by atoms with van der Waals surface area (Å²) in [6, 6.07) is 11.7. The molecule has 0 bridgehead atoms. The first kappa shape index (κ1) is 19.7. The fraction of sp³-hybridized carbons (Fsp3) is 0.261. The zero-order valence-corrected chi connectivity index (χ0v) is 17.0. The number of nitrogens with one attached hydrogen (secondary N) is 1. The fourth-order valence-electron chi connectivity index (χ4n) is 3.77. The average Bonchev–Trinajstić information content (AvgIpc) is 3.27. The number of benzene rings is 2. The second kappa shape index (κ2) is 8.02. The van der Waals surface area contributed by atoms with Crippen molar-refractivity contribution in [2.45, 2.75) is 19.8 Å². The van der Waals surface area contributed by atoms with Crippen LogP contribution in [0, 0.1) is 6.92 Å². The molecule has 0 spiro atoms. The fourth-order valence-corrected chi connectivity index (χ4v) is 3.77. The van der Waals surface area contributed by atoms with E-state index in [2.05, 4.69) is 16.3 Å². The van der Waals surface area contributed by atoms with E-state index < -0.39 is 17.8 Å². The van der Waals surface area contributed by atoms with Crippen LogP contribution in [0.15, 0.2) is 48.0 Å². The molecule has 2 saturated heterocycles. The number of rotatable bonds is 4. The number of nitrogens with zero attached hydrogens (tertiary/aromatic N) is 2. The first-order valence-electron chi connectivity index (χ1n) is 9.89. The molecule has 0 unspecified atom stereocenters. The zero-order chi connectivity index (χ0) is 21.3. The minimum atomic E-state index is -0.770. The summed E-state index contributed by atoms with van der Waals surface area (Å²) < 4.78 is 5.11. The molecule has 0 saturated carbocycles. The summed E-state index contributed by atoms with van der Waals surface area (Å²) in [5.74, 6) is -0.751. The van der Waals surface area contributed by atoms with Gasteiger partial charge in [0, 0.05) is 18.8 Å². The van der Waals surface area contributed by atoms with Gasteiger partial charge < -0.3 is 9.64 Å². The number of aryl methyl sites for hydroxylation is 1. The molecule has 2 aliphatic heterocycles. The van der Waals surface area contributed by atoms with Gasteiger partial charge in [0.05, 0.1) is 12.8 Å². The van der Waals surface area contributed by atoms with Gasteiger partial charge in [-0.05, 0) is 73.4 Å². The molecule has 0 aromatic heterocycles. The smallest absolute Gasteiger partial charge is 0.335 e. The number of urea groups is 1. The molecule has 30 heavy (non-hydrogen) atoms. The highest BCUT2D eigenvalue weighted by Crippen LogP contribution is 2.27. The van der Waals surface area contributed by atoms with Crippen LogP contribution in [0.4, 0.5) is 16.2 Å². The van der Waals surface area contributed by atoms with E-state index in [1.54, 1.807) is 30.3 Å². The van der Waals surface area contributed by atoms with Gasteiger partial charge in [-0.2, -0.15) is 0 Å². The van der Waals surface area contributed by atoms with Crippen LogP contribution in [-0.4, -0.2) is 38.0 Å². The van der Waals surface area contributed by atoms with Crippen molar-refractivity contribution in [3.8, 4) is 5.75 Å². The summed E-state index contributed by atoms with van der Waals surface area (Å²) in [5, 5.41) is 2.25. The third-order valence-electron chi connectivity index (χ3n) is 5.46. The number of anilines is 2. The Kier molecular flexibility index (Phi) is 5.27. The highest BCUT2D eigenvalue weighted by Gasteiger charge is 2.36. The van der Waals surface area contributed by atoms with E-state index in [1.165, 1.54) is 20.0 Å². The Morgan fingerprint density at radius 2 is 1.63 bits per heavy atom. The second-order valence-corrected chi connectivity index (χ2v) is 7.39. The van der Waals surface area contributed by atoms with Gasteiger partial charge in [-0.1, -0.05) is 6.07 Å². The van der Waals surface area contributed by atoms with Crippen molar-refractivity contribution in [1.82, 2.24) is 5.32 Å². The lowest BCUT2D eigenvalue weighted by atomic mass is 10.0. The molecule has 2 aliphatic rings. The minimum absolute atomic E-state index is 0.0811. The number of amides is 4. The van der Waals surface area contributed by atoms with Gasteiger partial charge in [0.2, 0.25) is 0 Å². The van der Waals surface area contributed by atoms with E-state index in [-0.39, 0.29) is 5.57 Å². The van der Waals surface area contributed by atoms with Gasteiger partial charge in [0.25, 0.3) is 11.8 Å². The number of ether oxygens (including phenoxy) is 1. The van der Waals surface area contributed by atoms with Crippen LogP contribution >= 0.6 is 0 Å². The molecule has 154 valence electrons. The lowest BCUT2D eigenvalue weighted by Gasteiger charge is -2.26. The Morgan fingerprint density at radius 3 is 2.27 bits per heavy atom. The van der Waals surface area contributed by atoms with Gasteiger partial charge in [-0.3, -0.25) is 14.9 Å². The number of methoxy groups -OCH3 is 1. The molecule has 0 radical (unpaired) electrons. The van der Waals surface area contributed by atoms with Crippen molar-refractivity contribution in [2.75, 3.05) is 30.0 Å². The molecule has 0 atom stereocenters. The quantitative estimate of drug-likeness (QED) is 0.624. The molecule has 7 heteroatoms. The average molecular weight is 405 g/mol. The highest BCUT2D eigenvalue weighted by atomic mass is 16.5. The Labute approximate surface area is 174 Å². The van der Waals surface area contributed by atoms with Crippen LogP contribution in [-0.2, 0) is 9.59 Å². The van der Waals surface area contributed by atoms with E-state index >= 15 is 0 Å². The predicted octanol–water partition coefficient (Wildman–Crippen LogP) is 3.27. The van der Waals surface area contributed by atoms with Gasteiger partial charge >= 0.3 is 6.03 Å². The maximum atomic E-state index is 13.0. The van der Waals surface area contributed by atoms with E-state index in [9.17, 15) is 14.4 Å². The number of hydrogen-bond donors (Lipinski definition) is 1. The summed E-state index contributed by atoms with van der Waals surface area (Å²) in [5.41, 5.74) is 3.14. The number of carbonyl (C=O) groups excluding carboxylic acids is 3. The summed E-state index contributed by atoms with van der Waals surface area (Å²) in [6.07, 6.45) is 3.92.